The average Bonchev–Trinajstić information content (AvgIpc) is 3.51. The van der Waals surface area contributed by atoms with Crippen molar-refractivity contribution in [3.05, 3.63) is 106 Å². The van der Waals surface area contributed by atoms with Gasteiger partial charge < -0.3 is 4.90 Å². The van der Waals surface area contributed by atoms with Gasteiger partial charge in [0.1, 0.15) is 6.54 Å². The van der Waals surface area contributed by atoms with Crippen molar-refractivity contribution < 1.29 is 17.5 Å². The van der Waals surface area contributed by atoms with Gasteiger partial charge >= 0.3 is 0 Å². The first-order chi connectivity index (χ1) is 20.9. The minimum atomic E-state index is -3.96. The Morgan fingerprint density at radius 3 is 2.34 bits per heavy atom. The molecule has 44 heavy (non-hydrogen) atoms. The minimum absolute atomic E-state index is 0.0799. The Bertz CT molecular complexity index is 1690. The normalized spacial score (nSPS) is 20.9. The number of hydrogen-bond donors (Lipinski definition) is 1. The maximum absolute atomic E-state index is 11.3. The zero-order valence-corrected chi connectivity index (χ0v) is 28.3. The second-order valence-electron chi connectivity index (χ2n) is 13.2. The van der Waals surface area contributed by atoms with E-state index in [1.165, 1.54) is 33.8 Å². The lowest BCUT2D eigenvalue weighted by Gasteiger charge is -2.27. The van der Waals surface area contributed by atoms with Crippen LogP contribution in [0.5, 0.6) is 0 Å². The summed E-state index contributed by atoms with van der Waals surface area (Å²) in [5.41, 5.74) is 9.58. The number of benzene rings is 2. The van der Waals surface area contributed by atoms with E-state index < -0.39 is 10.1 Å². The molecule has 1 N–H and O–H groups in total. The number of hydrogen-bond acceptors (Lipinski definition) is 3. The van der Waals surface area contributed by atoms with Crippen LogP contribution in [0.4, 0.5) is 11.4 Å². The van der Waals surface area contributed by atoms with Crippen LogP contribution in [0.2, 0.25) is 0 Å². The maximum Gasteiger partial charge on any atom is 0.264 e. The van der Waals surface area contributed by atoms with Crippen molar-refractivity contribution in [2.24, 2.45) is 0 Å². The van der Waals surface area contributed by atoms with E-state index in [2.05, 4.69) is 111 Å². The van der Waals surface area contributed by atoms with E-state index in [0.29, 0.717) is 19.4 Å². The monoisotopic (exact) mass is 633 g/mol. The van der Waals surface area contributed by atoms with Gasteiger partial charge in [-0.2, -0.15) is 13.0 Å². The van der Waals surface area contributed by atoms with Crippen molar-refractivity contribution in [3.63, 3.8) is 0 Å². The highest BCUT2D eigenvalue weighted by molar-refractivity contribution is 7.85. The third-order valence-corrected chi connectivity index (χ3v) is 10.8. The van der Waals surface area contributed by atoms with Crippen molar-refractivity contribution in [2.75, 3.05) is 23.7 Å². The van der Waals surface area contributed by atoms with Gasteiger partial charge in [-0.1, -0.05) is 87.3 Å². The number of para-hydroxylation sites is 2. The molecule has 2 aromatic rings. The molecule has 0 amide bonds. The molecule has 3 aliphatic rings. The van der Waals surface area contributed by atoms with E-state index in [9.17, 15) is 13.0 Å². The van der Waals surface area contributed by atoms with Crippen LogP contribution in [-0.2, 0) is 20.9 Å². The third-order valence-electron chi connectivity index (χ3n) is 9.48. The second-order valence-corrected chi connectivity index (χ2v) is 15.2. The summed E-state index contributed by atoms with van der Waals surface area (Å²) in [6, 6.07) is 17.2. The average molecular weight is 634 g/mol. The molecule has 0 saturated heterocycles. The van der Waals surface area contributed by atoms with Crippen LogP contribution < -0.4 is 4.90 Å². The Kier molecular flexibility index (Phi) is 9.46. The van der Waals surface area contributed by atoms with Crippen molar-refractivity contribution in [2.45, 2.75) is 84.0 Å². The SMILES string of the molecule is CCCCN1/C(=C/C=C2\CCC(/C=C/C3=[N+](CCCCS(=O)(=O)O)c4ccccc4C3(C)C)=C2Cl)C(C)(C)c2ccccc21. The molecule has 0 unspecified atom stereocenters. The van der Waals surface area contributed by atoms with Crippen LogP contribution in [0.3, 0.4) is 0 Å². The van der Waals surface area contributed by atoms with Gasteiger partial charge in [0.2, 0.25) is 5.69 Å². The third kappa shape index (κ3) is 6.40. The fourth-order valence-electron chi connectivity index (χ4n) is 7.00. The minimum Gasteiger partial charge on any atom is -0.344 e. The van der Waals surface area contributed by atoms with Crippen molar-refractivity contribution in [1.29, 1.82) is 0 Å². The van der Waals surface area contributed by atoms with Crippen LogP contribution in [0.15, 0.2) is 94.7 Å². The van der Waals surface area contributed by atoms with Crippen LogP contribution in [0, 0.1) is 0 Å². The lowest BCUT2D eigenvalue weighted by Crippen LogP contribution is -2.28. The zero-order valence-electron chi connectivity index (χ0n) is 26.7. The van der Waals surface area contributed by atoms with Gasteiger partial charge in [0.15, 0.2) is 5.71 Å². The number of fused-ring (bicyclic) bond motifs is 2. The lowest BCUT2D eigenvalue weighted by atomic mass is 9.81. The summed E-state index contributed by atoms with van der Waals surface area (Å²) < 4.78 is 34.0. The maximum atomic E-state index is 11.3. The number of anilines is 1. The Balaban J connectivity index is 1.43. The highest BCUT2D eigenvalue weighted by atomic mass is 35.5. The first-order valence-electron chi connectivity index (χ1n) is 15.9. The molecule has 234 valence electrons. The number of unbranched alkanes of at least 4 members (excludes halogenated alkanes) is 2. The molecule has 5 nitrogen and oxygen atoms in total. The number of rotatable bonds is 11. The van der Waals surface area contributed by atoms with Gasteiger partial charge in [0.05, 0.1) is 11.2 Å². The molecule has 1 aliphatic carbocycles. The zero-order chi connectivity index (χ0) is 31.7. The highest BCUT2D eigenvalue weighted by Crippen LogP contribution is 2.48. The number of halogens is 1. The predicted molar refractivity (Wildman–Crippen MR) is 184 cm³/mol. The number of allylic oxidation sites excluding steroid dienone is 8. The summed E-state index contributed by atoms with van der Waals surface area (Å²) in [5, 5.41) is 0.833. The Hall–Kier alpha value is -2.93. The molecule has 0 atom stereocenters. The quantitative estimate of drug-likeness (QED) is 0.152. The van der Waals surface area contributed by atoms with E-state index in [1.807, 2.05) is 6.07 Å². The van der Waals surface area contributed by atoms with Gasteiger partial charge in [0, 0.05) is 52.5 Å². The van der Waals surface area contributed by atoms with Gasteiger partial charge in [-0.3, -0.25) is 4.55 Å². The van der Waals surface area contributed by atoms with E-state index in [0.717, 1.165) is 48.5 Å². The molecule has 0 spiro atoms. The summed E-state index contributed by atoms with van der Waals surface area (Å²) in [6.07, 6.45) is 14.1. The Morgan fingerprint density at radius 2 is 1.61 bits per heavy atom. The van der Waals surface area contributed by atoms with Gasteiger partial charge in [-0.15, -0.1) is 0 Å². The summed E-state index contributed by atoms with van der Waals surface area (Å²) in [5.74, 6) is -0.218. The molecule has 0 saturated carbocycles. The Morgan fingerprint density at radius 1 is 0.909 bits per heavy atom. The fraction of sp³-hybridized carbons (Fsp3) is 0.432. The first kappa shape index (κ1) is 32.5. The predicted octanol–water partition coefficient (Wildman–Crippen LogP) is 8.98. The molecule has 0 bridgehead atoms. The molecule has 0 radical (unpaired) electrons. The topological polar surface area (TPSA) is 60.6 Å². The van der Waals surface area contributed by atoms with Crippen LogP contribution in [0.25, 0.3) is 0 Å². The summed E-state index contributed by atoms with van der Waals surface area (Å²) in [6.45, 7) is 13.0. The van der Waals surface area contributed by atoms with Gasteiger partial charge in [-0.05, 0) is 68.4 Å². The van der Waals surface area contributed by atoms with Crippen molar-refractivity contribution >= 4 is 38.8 Å². The second kappa shape index (κ2) is 12.8. The lowest BCUT2D eigenvalue weighted by molar-refractivity contribution is -0.438. The molecule has 2 heterocycles. The summed E-state index contributed by atoms with van der Waals surface area (Å²) in [7, 11) is -3.96. The van der Waals surface area contributed by atoms with Crippen molar-refractivity contribution in [3.8, 4) is 0 Å². The van der Waals surface area contributed by atoms with Gasteiger partial charge in [-0.25, -0.2) is 0 Å². The largest absolute Gasteiger partial charge is 0.344 e. The molecular formula is C37H46ClN2O3S+. The highest BCUT2D eigenvalue weighted by Gasteiger charge is 2.44. The molecular weight excluding hydrogens is 588 g/mol. The standard InChI is InChI=1S/C37H45ClN2O3S/c1-6-7-24-39-31-16-10-8-14-29(31)36(2,3)33(39)22-20-27-18-19-28(35(27)38)21-23-34-37(4,5)30-15-9-11-17-32(30)40(34)25-12-13-26-44(41,42)43/h8-11,14-17,20-23H,6-7,12-13,18-19,24-26H2,1-5H3/p+1. The molecule has 2 aliphatic heterocycles. The van der Waals surface area contributed by atoms with Crippen LogP contribution in [-0.4, -0.2) is 42.1 Å². The van der Waals surface area contributed by atoms with E-state index >= 15 is 0 Å². The molecule has 7 heteroatoms. The van der Waals surface area contributed by atoms with E-state index in [1.54, 1.807) is 0 Å². The van der Waals surface area contributed by atoms with E-state index in [4.69, 9.17) is 11.6 Å². The molecule has 0 aromatic heterocycles. The summed E-state index contributed by atoms with van der Waals surface area (Å²) >= 11 is 7.05. The fourth-order valence-corrected chi connectivity index (χ4v) is 7.89. The van der Waals surface area contributed by atoms with E-state index in [-0.39, 0.29) is 16.6 Å². The molecule has 2 aromatic carbocycles. The first-order valence-corrected chi connectivity index (χ1v) is 17.9. The summed E-state index contributed by atoms with van der Waals surface area (Å²) in [4.78, 5) is 2.49. The smallest absolute Gasteiger partial charge is 0.264 e. The van der Waals surface area contributed by atoms with Crippen LogP contribution >= 0.6 is 11.6 Å². The number of nitrogens with zero attached hydrogens (tertiary/aromatic N) is 2. The Labute approximate surface area is 269 Å². The van der Waals surface area contributed by atoms with Crippen LogP contribution in [0.1, 0.15) is 84.3 Å². The molecule has 0 fully saturated rings. The molecule has 5 rings (SSSR count). The van der Waals surface area contributed by atoms with Gasteiger partial charge in [0.25, 0.3) is 10.1 Å². The van der Waals surface area contributed by atoms with Crippen molar-refractivity contribution in [1.82, 2.24) is 0 Å².